The first-order chi connectivity index (χ1) is 14.8. The van der Waals surface area contributed by atoms with E-state index < -0.39 is 0 Å². The van der Waals surface area contributed by atoms with Crippen LogP contribution in [0.5, 0.6) is 5.75 Å². The van der Waals surface area contributed by atoms with Crippen LogP contribution in [-0.2, 0) is 6.42 Å². The minimum absolute atomic E-state index is 0.698. The molecule has 1 aromatic carbocycles. The number of anilines is 2. The van der Waals surface area contributed by atoms with Gasteiger partial charge in [-0.15, -0.1) is 0 Å². The third-order valence-electron chi connectivity index (χ3n) is 5.27. The van der Waals surface area contributed by atoms with Crippen LogP contribution in [0.2, 0.25) is 0 Å². The number of nitrogens with one attached hydrogen (secondary N) is 2. The zero-order valence-corrected chi connectivity index (χ0v) is 16.7. The summed E-state index contributed by atoms with van der Waals surface area (Å²) in [6.07, 6.45) is 8.18. The maximum atomic E-state index is 5.31. The van der Waals surface area contributed by atoms with Gasteiger partial charge in [0.15, 0.2) is 0 Å². The van der Waals surface area contributed by atoms with Crippen molar-refractivity contribution in [3.8, 4) is 5.75 Å². The van der Waals surface area contributed by atoms with Crippen molar-refractivity contribution in [3.63, 3.8) is 0 Å². The standard InChI is InChI=1S/C23H22N6O/c1-30-17-5-2-4-16(12-17)7-11-27-29-14-20-18-8-10-24-13-21(18)28-23-19(6-3-9-25-23)22(20)26-15-29/h2-6,8-10,12-13,15,27H,7,11,14H2,1H3,(H,25,28). The number of aromatic nitrogens is 2. The average Bonchev–Trinajstić information content (AvgIpc) is 2.93. The fourth-order valence-electron chi connectivity index (χ4n) is 3.79. The first kappa shape index (κ1) is 18.3. The molecule has 0 atom stereocenters. The molecule has 0 bridgehead atoms. The maximum Gasteiger partial charge on any atom is 0.139 e. The zero-order chi connectivity index (χ0) is 20.3. The van der Waals surface area contributed by atoms with Crippen molar-refractivity contribution in [2.24, 2.45) is 4.99 Å². The molecular formula is C23H22N6O. The van der Waals surface area contributed by atoms with Crippen LogP contribution >= 0.6 is 0 Å². The van der Waals surface area contributed by atoms with Crippen LogP contribution in [0.25, 0.3) is 11.3 Å². The summed E-state index contributed by atoms with van der Waals surface area (Å²) in [5, 5.41) is 5.44. The molecule has 0 aliphatic carbocycles. The van der Waals surface area contributed by atoms with Crippen LogP contribution in [-0.4, -0.2) is 41.5 Å². The fourth-order valence-corrected chi connectivity index (χ4v) is 3.79. The molecule has 0 spiro atoms. The highest BCUT2D eigenvalue weighted by Crippen LogP contribution is 2.40. The molecule has 30 heavy (non-hydrogen) atoms. The van der Waals surface area contributed by atoms with Crippen molar-refractivity contribution in [3.05, 3.63) is 77.7 Å². The Hall–Kier alpha value is -3.71. The van der Waals surface area contributed by atoms with Crippen molar-refractivity contribution in [1.29, 1.82) is 0 Å². The highest BCUT2D eigenvalue weighted by molar-refractivity contribution is 6.03. The Morgan fingerprint density at radius 1 is 1.13 bits per heavy atom. The van der Waals surface area contributed by atoms with Gasteiger partial charge in [0.25, 0.3) is 0 Å². The Balaban J connectivity index is 1.36. The lowest BCUT2D eigenvalue weighted by Crippen LogP contribution is -2.40. The van der Waals surface area contributed by atoms with Crippen LogP contribution < -0.4 is 15.5 Å². The van der Waals surface area contributed by atoms with Gasteiger partial charge in [-0.2, -0.15) is 0 Å². The largest absolute Gasteiger partial charge is 0.497 e. The van der Waals surface area contributed by atoms with Crippen LogP contribution in [0.1, 0.15) is 16.7 Å². The molecule has 0 radical (unpaired) electrons. The number of hydrazine groups is 1. The van der Waals surface area contributed by atoms with E-state index in [1.807, 2.05) is 54.1 Å². The lowest BCUT2D eigenvalue weighted by molar-refractivity contribution is 0.350. The minimum Gasteiger partial charge on any atom is -0.497 e. The Morgan fingerprint density at radius 3 is 3.03 bits per heavy atom. The Bertz CT molecular complexity index is 1140. The molecule has 0 fully saturated rings. The van der Waals surface area contributed by atoms with Crippen molar-refractivity contribution < 1.29 is 4.74 Å². The van der Waals surface area contributed by atoms with Gasteiger partial charge < -0.3 is 10.1 Å². The zero-order valence-electron chi connectivity index (χ0n) is 16.7. The molecule has 0 saturated carbocycles. The molecule has 2 aromatic heterocycles. The topological polar surface area (TPSA) is 74.7 Å². The summed E-state index contributed by atoms with van der Waals surface area (Å²) < 4.78 is 5.31. The second kappa shape index (κ2) is 7.96. The normalized spacial score (nSPS) is 14.4. The molecule has 2 aliphatic rings. The van der Waals surface area contributed by atoms with E-state index in [0.29, 0.717) is 6.54 Å². The third-order valence-corrected chi connectivity index (χ3v) is 5.27. The van der Waals surface area contributed by atoms with E-state index in [1.165, 1.54) is 5.56 Å². The summed E-state index contributed by atoms with van der Waals surface area (Å²) in [4.78, 5) is 13.6. The van der Waals surface area contributed by atoms with Crippen LogP contribution in [0.15, 0.2) is 66.0 Å². The molecule has 150 valence electrons. The quantitative estimate of drug-likeness (QED) is 0.685. The first-order valence-electron chi connectivity index (χ1n) is 9.89. The Morgan fingerprint density at radius 2 is 2.10 bits per heavy atom. The molecule has 2 aliphatic heterocycles. The highest BCUT2D eigenvalue weighted by atomic mass is 16.5. The van der Waals surface area contributed by atoms with Gasteiger partial charge in [-0.3, -0.25) is 9.99 Å². The summed E-state index contributed by atoms with van der Waals surface area (Å²) >= 11 is 0. The monoisotopic (exact) mass is 398 g/mol. The van der Waals surface area contributed by atoms with E-state index in [4.69, 9.17) is 9.73 Å². The number of rotatable bonds is 5. The van der Waals surface area contributed by atoms with Crippen LogP contribution in [0, 0.1) is 0 Å². The van der Waals surface area contributed by atoms with Crippen molar-refractivity contribution in [1.82, 2.24) is 20.4 Å². The maximum absolute atomic E-state index is 5.31. The lowest BCUT2D eigenvalue weighted by Gasteiger charge is -2.27. The predicted octanol–water partition coefficient (Wildman–Crippen LogP) is 3.50. The SMILES string of the molecule is COc1cccc(CCNN2C=NC3=C(C2)c2ccncc2Nc2ncccc23)c1. The van der Waals surface area contributed by atoms with Gasteiger partial charge in [0, 0.05) is 35.6 Å². The number of methoxy groups -OCH3 is 1. The molecule has 5 rings (SSSR count). The van der Waals surface area contributed by atoms with Crippen LogP contribution in [0.3, 0.4) is 0 Å². The molecular weight excluding hydrogens is 376 g/mol. The van der Waals surface area contributed by atoms with Crippen molar-refractivity contribution in [2.75, 3.05) is 25.5 Å². The molecule has 0 unspecified atom stereocenters. The van der Waals surface area contributed by atoms with Gasteiger partial charge in [-0.25, -0.2) is 15.4 Å². The number of ether oxygens (including phenoxy) is 1. The number of hydrogen-bond acceptors (Lipinski definition) is 7. The van der Waals surface area contributed by atoms with E-state index >= 15 is 0 Å². The highest BCUT2D eigenvalue weighted by Gasteiger charge is 2.25. The summed E-state index contributed by atoms with van der Waals surface area (Å²) in [5.41, 5.74) is 9.82. The summed E-state index contributed by atoms with van der Waals surface area (Å²) in [6, 6.07) is 14.2. The summed E-state index contributed by atoms with van der Waals surface area (Å²) in [5.74, 6) is 1.68. The van der Waals surface area contributed by atoms with Crippen LogP contribution in [0.4, 0.5) is 11.5 Å². The van der Waals surface area contributed by atoms with E-state index in [-0.39, 0.29) is 0 Å². The minimum atomic E-state index is 0.698. The molecule has 0 amide bonds. The summed E-state index contributed by atoms with van der Waals surface area (Å²) in [6.45, 7) is 1.49. The van der Waals surface area contributed by atoms with E-state index in [1.54, 1.807) is 13.3 Å². The van der Waals surface area contributed by atoms with E-state index in [9.17, 15) is 0 Å². The van der Waals surface area contributed by atoms with Gasteiger partial charge in [-0.05, 0) is 42.3 Å². The molecule has 4 heterocycles. The number of hydrogen-bond donors (Lipinski definition) is 2. The second-order valence-corrected chi connectivity index (χ2v) is 7.16. The average molecular weight is 398 g/mol. The number of aliphatic imine (C=N–C) groups is 1. The van der Waals surface area contributed by atoms with E-state index in [0.717, 1.165) is 52.6 Å². The van der Waals surface area contributed by atoms with Gasteiger partial charge in [0.1, 0.15) is 17.9 Å². The molecule has 3 aromatic rings. The fraction of sp³-hybridized carbons (Fsp3) is 0.174. The smallest absolute Gasteiger partial charge is 0.139 e. The Labute approximate surface area is 175 Å². The first-order valence-corrected chi connectivity index (χ1v) is 9.89. The predicted molar refractivity (Wildman–Crippen MR) is 118 cm³/mol. The van der Waals surface area contributed by atoms with Gasteiger partial charge in [0.2, 0.25) is 0 Å². The molecule has 7 nitrogen and oxygen atoms in total. The second-order valence-electron chi connectivity index (χ2n) is 7.16. The number of fused-ring (bicyclic) bond motifs is 4. The molecule has 2 N–H and O–H groups in total. The van der Waals surface area contributed by atoms with Gasteiger partial charge >= 0.3 is 0 Å². The number of nitrogens with zero attached hydrogens (tertiary/aromatic N) is 4. The van der Waals surface area contributed by atoms with Gasteiger partial charge in [0.05, 0.1) is 31.2 Å². The van der Waals surface area contributed by atoms with Crippen molar-refractivity contribution in [2.45, 2.75) is 6.42 Å². The number of benzene rings is 1. The summed E-state index contributed by atoms with van der Waals surface area (Å²) in [7, 11) is 1.69. The van der Waals surface area contributed by atoms with Crippen molar-refractivity contribution >= 4 is 29.1 Å². The lowest BCUT2D eigenvalue weighted by atomic mass is 10.0. The molecule has 0 saturated heterocycles. The number of pyridine rings is 2. The third kappa shape index (κ3) is 3.51. The van der Waals surface area contributed by atoms with Gasteiger partial charge in [-0.1, -0.05) is 12.1 Å². The van der Waals surface area contributed by atoms with E-state index in [2.05, 4.69) is 32.8 Å². The molecule has 7 heteroatoms. The Kier molecular flexibility index (Phi) is 4.86.